The van der Waals surface area contributed by atoms with E-state index in [4.69, 9.17) is 4.52 Å². The number of likely N-dealkylation sites (tertiary alicyclic amines) is 1. The van der Waals surface area contributed by atoms with Gasteiger partial charge in [-0.15, -0.1) is 11.8 Å². The standard InChI is InChI=1S/C22H22N4O2S2/c27-21(14-30-19-11-23-18-6-2-1-5-17(18)19)26-8-3-4-15(12-26)10-20-24-22(25-28-20)16-7-9-29-13-16/h1-2,5-7,9,11,13,15,23H,3-4,8,10,12,14H2/t15-/m1/s1. The zero-order valence-corrected chi connectivity index (χ0v) is 18.0. The molecule has 0 spiro atoms. The van der Waals surface area contributed by atoms with Crippen molar-refractivity contribution in [2.45, 2.75) is 24.2 Å². The van der Waals surface area contributed by atoms with Crippen LogP contribution in [0.1, 0.15) is 18.7 Å². The van der Waals surface area contributed by atoms with Crippen LogP contribution in [0.5, 0.6) is 0 Å². The number of carbonyl (C=O) groups excluding carboxylic acids is 1. The number of benzene rings is 1. The van der Waals surface area contributed by atoms with Gasteiger partial charge in [0.15, 0.2) is 0 Å². The highest BCUT2D eigenvalue weighted by Gasteiger charge is 2.25. The average molecular weight is 439 g/mol. The number of aromatic nitrogens is 3. The summed E-state index contributed by atoms with van der Waals surface area (Å²) in [5, 5.41) is 9.28. The minimum atomic E-state index is 0.194. The number of thiophene rings is 1. The van der Waals surface area contributed by atoms with Gasteiger partial charge < -0.3 is 14.4 Å². The number of carbonyl (C=O) groups is 1. The van der Waals surface area contributed by atoms with Crippen molar-refractivity contribution in [2.24, 2.45) is 5.92 Å². The third kappa shape index (κ3) is 4.15. The van der Waals surface area contributed by atoms with Gasteiger partial charge >= 0.3 is 0 Å². The fourth-order valence-electron chi connectivity index (χ4n) is 3.95. The molecule has 0 radical (unpaired) electrons. The van der Waals surface area contributed by atoms with Gasteiger partial charge in [0.1, 0.15) is 0 Å². The fourth-order valence-corrected chi connectivity index (χ4v) is 5.52. The topological polar surface area (TPSA) is 75.0 Å². The van der Waals surface area contributed by atoms with Crippen LogP contribution < -0.4 is 0 Å². The van der Waals surface area contributed by atoms with Gasteiger partial charge in [-0.1, -0.05) is 23.4 Å². The van der Waals surface area contributed by atoms with Gasteiger partial charge in [0, 0.05) is 52.4 Å². The van der Waals surface area contributed by atoms with E-state index in [9.17, 15) is 4.79 Å². The molecule has 1 atom stereocenters. The fraction of sp³-hybridized carbons (Fsp3) is 0.318. The molecule has 0 aliphatic carbocycles. The highest BCUT2D eigenvalue weighted by Crippen LogP contribution is 2.29. The second kappa shape index (κ2) is 8.65. The lowest BCUT2D eigenvalue weighted by Gasteiger charge is -2.32. The van der Waals surface area contributed by atoms with Crippen molar-refractivity contribution in [3.63, 3.8) is 0 Å². The average Bonchev–Trinajstić information content (AvgIpc) is 3.53. The number of aromatic amines is 1. The van der Waals surface area contributed by atoms with Gasteiger partial charge in [0.2, 0.25) is 17.6 Å². The van der Waals surface area contributed by atoms with Crippen LogP contribution in [0.3, 0.4) is 0 Å². The second-order valence-corrected chi connectivity index (χ2v) is 9.36. The molecule has 3 aromatic heterocycles. The summed E-state index contributed by atoms with van der Waals surface area (Å²) in [6.07, 6.45) is 4.80. The largest absolute Gasteiger partial charge is 0.360 e. The lowest BCUT2D eigenvalue weighted by Crippen LogP contribution is -2.41. The van der Waals surface area contributed by atoms with Crippen LogP contribution in [0.2, 0.25) is 0 Å². The zero-order valence-electron chi connectivity index (χ0n) is 16.4. The number of H-pyrrole nitrogens is 1. The minimum absolute atomic E-state index is 0.194. The van der Waals surface area contributed by atoms with Gasteiger partial charge in [-0.2, -0.15) is 16.3 Å². The lowest BCUT2D eigenvalue weighted by atomic mass is 9.95. The Labute approximate surface area is 182 Å². The number of nitrogens with zero attached hydrogens (tertiary/aromatic N) is 3. The van der Waals surface area contributed by atoms with Gasteiger partial charge in [0.05, 0.1) is 5.75 Å². The predicted molar refractivity (Wildman–Crippen MR) is 120 cm³/mol. The first-order valence-corrected chi connectivity index (χ1v) is 12.0. The molecule has 1 amide bonds. The molecule has 6 nitrogen and oxygen atoms in total. The van der Waals surface area contributed by atoms with Crippen LogP contribution in [0, 0.1) is 5.92 Å². The minimum Gasteiger partial charge on any atom is -0.360 e. The molecule has 1 saturated heterocycles. The number of fused-ring (bicyclic) bond motifs is 1. The van der Waals surface area contributed by atoms with Crippen molar-refractivity contribution >= 4 is 39.9 Å². The zero-order chi connectivity index (χ0) is 20.3. The van der Waals surface area contributed by atoms with E-state index < -0.39 is 0 Å². The first-order chi connectivity index (χ1) is 14.8. The predicted octanol–water partition coefficient (Wildman–Crippen LogP) is 4.85. The summed E-state index contributed by atoms with van der Waals surface area (Å²) in [7, 11) is 0. The van der Waals surface area contributed by atoms with E-state index in [-0.39, 0.29) is 5.91 Å². The SMILES string of the molecule is O=C(CSc1c[nH]c2ccccc12)N1CCC[C@H](Cc2nc(-c3ccsc3)no2)C1. The first kappa shape index (κ1) is 19.4. The van der Waals surface area contributed by atoms with E-state index in [1.165, 1.54) is 5.39 Å². The molecule has 4 aromatic rings. The number of hydrogen-bond acceptors (Lipinski definition) is 6. The maximum atomic E-state index is 12.8. The molecular weight excluding hydrogens is 416 g/mol. The number of hydrogen-bond donors (Lipinski definition) is 1. The number of piperidine rings is 1. The smallest absolute Gasteiger partial charge is 0.232 e. The second-order valence-electron chi connectivity index (χ2n) is 7.56. The van der Waals surface area contributed by atoms with Gasteiger partial charge in [0.25, 0.3) is 0 Å². The molecule has 30 heavy (non-hydrogen) atoms. The molecule has 1 aromatic carbocycles. The Hall–Kier alpha value is -2.58. The van der Waals surface area contributed by atoms with Crippen molar-refractivity contribution in [1.82, 2.24) is 20.0 Å². The van der Waals surface area contributed by atoms with Crippen LogP contribution in [0.15, 0.2) is 56.7 Å². The normalized spacial score (nSPS) is 16.9. The molecule has 0 bridgehead atoms. The summed E-state index contributed by atoms with van der Waals surface area (Å²) < 4.78 is 5.46. The third-order valence-electron chi connectivity index (χ3n) is 5.48. The van der Waals surface area contributed by atoms with Crippen molar-refractivity contribution in [3.8, 4) is 11.4 Å². The molecule has 1 N–H and O–H groups in total. The molecule has 1 aliphatic rings. The van der Waals surface area contributed by atoms with E-state index >= 15 is 0 Å². The maximum absolute atomic E-state index is 12.8. The molecule has 4 heterocycles. The maximum Gasteiger partial charge on any atom is 0.232 e. The first-order valence-electron chi connectivity index (χ1n) is 10.1. The van der Waals surface area contributed by atoms with Crippen LogP contribution in [-0.4, -0.2) is 44.8 Å². The van der Waals surface area contributed by atoms with E-state index in [0.29, 0.717) is 23.4 Å². The molecule has 5 rings (SSSR count). The van der Waals surface area contributed by atoms with Gasteiger partial charge in [-0.3, -0.25) is 4.79 Å². The number of para-hydroxylation sites is 1. The summed E-state index contributed by atoms with van der Waals surface area (Å²) in [6.45, 7) is 1.58. The highest BCUT2D eigenvalue weighted by molar-refractivity contribution is 8.00. The monoisotopic (exact) mass is 438 g/mol. The van der Waals surface area contributed by atoms with Gasteiger partial charge in [-0.05, 0) is 36.3 Å². The number of nitrogens with one attached hydrogen (secondary N) is 1. The van der Waals surface area contributed by atoms with Crippen molar-refractivity contribution in [2.75, 3.05) is 18.8 Å². The Morgan fingerprint density at radius 2 is 2.27 bits per heavy atom. The summed E-state index contributed by atoms with van der Waals surface area (Å²) in [5.41, 5.74) is 2.09. The highest BCUT2D eigenvalue weighted by atomic mass is 32.2. The molecule has 8 heteroatoms. The Balaban J connectivity index is 1.17. The Morgan fingerprint density at radius 1 is 1.33 bits per heavy atom. The summed E-state index contributed by atoms with van der Waals surface area (Å²) in [5.74, 6) is 2.31. The van der Waals surface area contributed by atoms with E-state index in [1.54, 1.807) is 23.1 Å². The Bertz CT molecular complexity index is 1140. The molecular formula is C22H22N4O2S2. The number of thioether (sulfide) groups is 1. The third-order valence-corrected chi connectivity index (χ3v) is 7.21. The van der Waals surface area contributed by atoms with Crippen LogP contribution in [-0.2, 0) is 11.2 Å². The lowest BCUT2D eigenvalue weighted by molar-refractivity contribution is -0.130. The summed E-state index contributed by atoms with van der Waals surface area (Å²) >= 11 is 3.22. The summed E-state index contributed by atoms with van der Waals surface area (Å²) in [4.78, 5) is 23.8. The molecule has 0 saturated carbocycles. The molecule has 1 aliphatic heterocycles. The number of amides is 1. The van der Waals surface area contributed by atoms with Gasteiger partial charge in [-0.25, -0.2) is 0 Å². The van der Waals surface area contributed by atoms with Crippen LogP contribution in [0.4, 0.5) is 0 Å². The molecule has 1 fully saturated rings. The van der Waals surface area contributed by atoms with E-state index in [2.05, 4.69) is 27.3 Å². The summed E-state index contributed by atoms with van der Waals surface area (Å²) in [6, 6.07) is 10.2. The van der Waals surface area contributed by atoms with Crippen LogP contribution in [0.25, 0.3) is 22.3 Å². The Morgan fingerprint density at radius 3 is 3.17 bits per heavy atom. The van der Waals surface area contributed by atoms with Crippen molar-refractivity contribution in [3.05, 3.63) is 53.2 Å². The van der Waals surface area contributed by atoms with Crippen molar-refractivity contribution in [1.29, 1.82) is 0 Å². The molecule has 154 valence electrons. The van der Waals surface area contributed by atoms with E-state index in [1.807, 2.05) is 40.1 Å². The van der Waals surface area contributed by atoms with Crippen molar-refractivity contribution < 1.29 is 9.32 Å². The molecule has 0 unspecified atom stereocenters. The van der Waals surface area contributed by atoms with E-state index in [0.717, 1.165) is 48.3 Å². The van der Waals surface area contributed by atoms with Crippen LogP contribution >= 0.6 is 23.1 Å². The quantitative estimate of drug-likeness (QED) is 0.436. The Kier molecular flexibility index (Phi) is 5.59. The number of rotatable bonds is 6.